The normalized spacial score (nSPS) is 11.0. The van der Waals surface area contributed by atoms with E-state index >= 15 is 0 Å². The van der Waals surface area contributed by atoms with Gasteiger partial charge in [0.05, 0.1) is 33.4 Å². The van der Waals surface area contributed by atoms with Crippen molar-refractivity contribution in [2.45, 2.75) is 13.8 Å². The summed E-state index contributed by atoms with van der Waals surface area (Å²) < 4.78 is 13.8. The third kappa shape index (κ3) is 4.60. The molecule has 0 fully saturated rings. The Labute approximate surface area is 145 Å². The largest absolute Gasteiger partial charge is 0.366 e. The van der Waals surface area contributed by atoms with Crippen molar-refractivity contribution in [3.8, 4) is 0 Å². The van der Waals surface area contributed by atoms with Crippen molar-refractivity contribution in [2.75, 3.05) is 18.9 Å². The van der Waals surface area contributed by atoms with Gasteiger partial charge in [0.1, 0.15) is 5.82 Å². The zero-order valence-electron chi connectivity index (χ0n) is 13.2. The van der Waals surface area contributed by atoms with Crippen LogP contribution in [0.5, 0.6) is 0 Å². The fourth-order valence-corrected chi connectivity index (χ4v) is 2.27. The second kappa shape index (κ2) is 7.66. The third-order valence-electron chi connectivity index (χ3n) is 3.32. The summed E-state index contributed by atoms with van der Waals surface area (Å²) in [4.78, 5) is 6.22. The maximum atomic E-state index is 13.8. The Morgan fingerprint density at radius 1 is 1.17 bits per heavy atom. The maximum absolute atomic E-state index is 13.8. The summed E-state index contributed by atoms with van der Waals surface area (Å²) in [7, 11) is 1.91. The van der Waals surface area contributed by atoms with Crippen LogP contribution in [-0.4, -0.2) is 24.8 Å². The summed E-state index contributed by atoms with van der Waals surface area (Å²) in [6.07, 6.45) is 1.69. The van der Waals surface area contributed by atoms with Crippen LogP contribution in [0.2, 0.25) is 10.0 Å². The zero-order chi connectivity index (χ0) is 17.0. The second-order valence-electron chi connectivity index (χ2n) is 5.21. The molecule has 0 amide bonds. The molecule has 0 bridgehead atoms. The predicted molar refractivity (Wildman–Crippen MR) is 97.3 cm³/mol. The molecule has 0 heterocycles. The fraction of sp³-hybridized carbons (Fsp3) is 0.235. The molecular weight excluding hydrogens is 336 g/mol. The van der Waals surface area contributed by atoms with Crippen molar-refractivity contribution in [3.05, 3.63) is 51.8 Å². The monoisotopic (exact) mass is 353 g/mol. The number of hydrogen-bond acceptors (Lipinski definition) is 2. The standard InChI is InChI=1S/C17H18Cl2FN3/c1-4-23(3)10-21-15-8-13(19)16(9-12(15)18)22-17-7-11(2)5-6-14(17)20/h5-10,22H,4H2,1-3H3/b21-10-. The van der Waals surface area contributed by atoms with Gasteiger partial charge >= 0.3 is 0 Å². The van der Waals surface area contributed by atoms with Crippen LogP contribution in [0.25, 0.3) is 0 Å². The molecule has 0 radical (unpaired) electrons. The minimum absolute atomic E-state index is 0.352. The van der Waals surface area contributed by atoms with E-state index in [-0.39, 0.29) is 5.82 Å². The molecule has 6 heteroatoms. The zero-order valence-corrected chi connectivity index (χ0v) is 14.7. The fourth-order valence-electron chi connectivity index (χ4n) is 1.85. The molecule has 122 valence electrons. The predicted octanol–water partition coefficient (Wildman–Crippen LogP) is 5.80. The van der Waals surface area contributed by atoms with Crippen LogP contribution in [0.15, 0.2) is 35.3 Å². The van der Waals surface area contributed by atoms with Crippen molar-refractivity contribution in [1.29, 1.82) is 0 Å². The lowest BCUT2D eigenvalue weighted by Gasteiger charge is -2.12. The number of nitrogens with zero attached hydrogens (tertiary/aromatic N) is 2. The van der Waals surface area contributed by atoms with Crippen molar-refractivity contribution >= 4 is 46.6 Å². The maximum Gasteiger partial charge on any atom is 0.146 e. The number of aliphatic imine (C=N–C) groups is 1. The lowest BCUT2D eigenvalue weighted by atomic mass is 10.2. The van der Waals surface area contributed by atoms with Gasteiger partial charge in [-0.3, -0.25) is 0 Å². The van der Waals surface area contributed by atoms with Crippen LogP contribution in [0.3, 0.4) is 0 Å². The molecule has 0 aliphatic heterocycles. The van der Waals surface area contributed by atoms with Gasteiger partial charge in [-0.2, -0.15) is 0 Å². The molecule has 2 rings (SSSR count). The first-order chi connectivity index (χ1) is 10.9. The summed E-state index contributed by atoms with van der Waals surface area (Å²) in [5, 5.41) is 3.83. The molecule has 23 heavy (non-hydrogen) atoms. The third-order valence-corrected chi connectivity index (χ3v) is 3.94. The minimum atomic E-state index is -0.352. The van der Waals surface area contributed by atoms with Gasteiger partial charge in [0.15, 0.2) is 0 Å². The summed E-state index contributed by atoms with van der Waals surface area (Å²) in [6.45, 7) is 4.74. The Morgan fingerprint density at radius 3 is 2.61 bits per heavy atom. The van der Waals surface area contributed by atoms with Crippen LogP contribution >= 0.6 is 23.2 Å². The first-order valence-electron chi connectivity index (χ1n) is 7.17. The van der Waals surface area contributed by atoms with E-state index in [0.29, 0.717) is 27.1 Å². The van der Waals surface area contributed by atoms with Crippen molar-refractivity contribution < 1.29 is 4.39 Å². The number of aryl methyl sites for hydroxylation is 1. The van der Waals surface area contributed by atoms with E-state index in [1.807, 2.05) is 25.8 Å². The number of halogens is 3. The molecular formula is C17H18Cl2FN3. The Balaban J connectivity index is 2.29. The highest BCUT2D eigenvalue weighted by Gasteiger charge is 2.09. The number of nitrogens with one attached hydrogen (secondary N) is 1. The van der Waals surface area contributed by atoms with Crippen LogP contribution < -0.4 is 5.32 Å². The van der Waals surface area contributed by atoms with Gasteiger partial charge in [0.2, 0.25) is 0 Å². The van der Waals surface area contributed by atoms with E-state index in [1.54, 1.807) is 30.6 Å². The minimum Gasteiger partial charge on any atom is -0.366 e. The summed E-state index contributed by atoms with van der Waals surface area (Å²) in [5.41, 5.74) is 2.39. The average molecular weight is 354 g/mol. The molecule has 0 atom stereocenters. The van der Waals surface area contributed by atoms with Gasteiger partial charge in [-0.1, -0.05) is 29.3 Å². The number of benzene rings is 2. The van der Waals surface area contributed by atoms with Crippen LogP contribution in [0, 0.1) is 12.7 Å². The van der Waals surface area contributed by atoms with Gasteiger partial charge in [-0.05, 0) is 43.7 Å². The Morgan fingerprint density at radius 2 is 1.91 bits per heavy atom. The van der Waals surface area contributed by atoms with Crippen molar-refractivity contribution in [3.63, 3.8) is 0 Å². The molecule has 0 aliphatic carbocycles. The highest BCUT2D eigenvalue weighted by Crippen LogP contribution is 2.36. The van der Waals surface area contributed by atoms with Gasteiger partial charge in [0, 0.05) is 13.6 Å². The first kappa shape index (κ1) is 17.6. The van der Waals surface area contributed by atoms with Crippen LogP contribution in [-0.2, 0) is 0 Å². The van der Waals surface area contributed by atoms with Gasteiger partial charge in [0.25, 0.3) is 0 Å². The Kier molecular flexibility index (Phi) is 5.85. The highest BCUT2D eigenvalue weighted by molar-refractivity contribution is 6.37. The number of hydrogen-bond donors (Lipinski definition) is 1. The molecule has 0 aliphatic rings. The first-order valence-corrected chi connectivity index (χ1v) is 7.93. The Hall–Kier alpha value is -1.78. The van der Waals surface area contributed by atoms with Crippen molar-refractivity contribution in [2.24, 2.45) is 4.99 Å². The molecule has 2 aromatic carbocycles. The molecule has 0 spiro atoms. The smallest absolute Gasteiger partial charge is 0.146 e. The van der Waals surface area contributed by atoms with E-state index in [9.17, 15) is 4.39 Å². The van der Waals surface area contributed by atoms with E-state index < -0.39 is 0 Å². The Bertz CT molecular complexity index is 732. The quantitative estimate of drug-likeness (QED) is 0.543. The van der Waals surface area contributed by atoms with Gasteiger partial charge < -0.3 is 10.2 Å². The van der Waals surface area contributed by atoms with Crippen LogP contribution in [0.1, 0.15) is 12.5 Å². The summed E-state index contributed by atoms with van der Waals surface area (Å²) in [6, 6.07) is 8.12. The van der Waals surface area contributed by atoms with Gasteiger partial charge in [-0.15, -0.1) is 0 Å². The topological polar surface area (TPSA) is 27.6 Å². The average Bonchev–Trinajstić information content (AvgIpc) is 2.52. The number of anilines is 2. The summed E-state index contributed by atoms with van der Waals surface area (Å²) >= 11 is 12.5. The SMILES string of the molecule is CCN(C)/C=N\c1cc(Cl)c(Nc2cc(C)ccc2F)cc1Cl. The van der Waals surface area contributed by atoms with E-state index in [4.69, 9.17) is 23.2 Å². The molecule has 3 nitrogen and oxygen atoms in total. The van der Waals surface area contributed by atoms with E-state index in [2.05, 4.69) is 10.3 Å². The van der Waals surface area contributed by atoms with E-state index in [1.165, 1.54) is 6.07 Å². The van der Waals surface area contributed by atoms with Crippen LogP contribution in [0.4, 0.5) is 21.5 Å². The molecule has 0 aromatic heterocycles. The highest BCUT2D eigenvalue weighted by atomic mass is 35.5. The summed E-state index contributed by atoms with van der Waals surface area (Å²) in [5.74, 6) is -0.352. The molecule has 0 saturated heterocycles. The lowest BCUT2D eigenvalue weighted by Crippen LogP contribution is -2.14. The molecule has 2 aromatic rings. The molecule has 0 unspecified atom stereocenters. The second-order valence-corrected chi connectivity index (χ2v) is 6.02. The lowest BCUT2D eigenvalue weighted by molar-refractivity contribution is 0.552. The number of rotatable bonds is 5. The molecule has 1 N–H and O–H groups in total. The van der Waals surface area contributed by atoms with Gasteiger partial charge in [-0.25, -0.2) is 9.38 Å². The van der Waals surface area contributed by atoms with E-state index in [0.717, 1.165) is 12.1 Å². The van der Waals surface area contributed by atoms with Crippen molar-refractivity contribution in [1.82, 2.24) is 4.90 Å². The molecule has 0 saturated carbocycles.